The molecule has 29 heavy (non-hydrogen) atoms. The fourth-order valence-corrected chi connectivity index (χ4v) is 5.16. The summed E-state index contributed by atoms with van der Waals surface area (Å²) in [4.78, 5) is 30.6. The van der Waals surface area contributed by atoms with E-state index >= 15 is 0 Å². The SMILES string of the molecule is O=C1S/C(=C/c2ccc(Cl)cc2)C(=O)N1CCN=C1NS(=O)(=O)c2ccccc21. The van der Waals surface area contributed by atoms with Gasteiger partial charge < -0.3 is 0 Å². The van der Waals surface area contributed by atoms with E-state index in [-0.39, 0.29) is 29.1 Å². The van der Waals surface area contributed by atoms with Crippen LogP contribution in [-0.4, -0.2) is 43.4 Å². The fraction of sp³-hybridized carbons (Fsp3) is 0.105. The van der Waals surface area contributed by atoms with Gasteiger partial charge in [-0.25, -0.2) is 8.42 Å². The van der Waals surface area contributed by atoms with Crippen LogP contribution in [0.4, 0.5) is 4.79 Å². The number of hydrogen-bond donors (Lipinski definition) is 1. The lowest BCUT2D eigenvalue weighted by Gasteiger charge is -2.10. The summed E-state index contributed by atoms with van der Waals surface area (Å²) >= 11 is 6.71. The van der Waals surface area contributed by atoms with E-state index in [1.165, 1.54) is 6.07 Å². The molecule has 148 valence electrons. The first kappa shape index (κ1) is 19.7. The van der Waals surface area contributed by atoms with Crippen molar-refractivity contribution in [2.45, 2.75) is 4.90 Å². The maximum absolute atomic E-state index is 12.5. The quantitative estimate of drug-likeness (QED) is 0.726. The highest BCUT2D eigenvalue weighted by atomic mass is 35.5. The third-order valence-corrected chi connectivity index (χ3v) is 6.85. The lowest BCUT2D eigenvalue weighted by molar-refractivity contribution is -0.122. The normalized spacial score (nSPS) is 20.4. The summed E-state index contributed by atoms with van der Waals surface area (Å²) in [5, 5.41) is 0.196. The number of benzene rings is 2. The summed E-state index contributed by atoms with van der Waals surface area (Å²) in [6.45, 7) is 0.133. The lowest BCUT2D eigenvalue weighted by atomic mass is 10.2. The molecule has 0 aliphatic carbocycles. The molecule has 4 rings (SSSR count). The first-order valence-corrected chi connectivity index (χ1v) is 11.2. The van der Waals surface area contributed by atoms with Crippen LogP contribution in [0.2, 0.25) is 5.02 Å². The van der Waals surface area contributed by atoms with Crippen molar-refractivity contribution < 1.29 is 18.0 Å². The second kappa shape index (κ2) is 7.66. The van der Waals surface area contributed by atoms with E-state index in [1.807, 2.05) is 0 Å². The molecule has 2 amide bonds. The second-order valence-electron chi connectivity index (χ2n) is 6.22. The number of carbonyl (C=O) groups is 2. The van der Waals surface area contributed by atoms with Gasteiger partial charge in [0.25, 0.3) is 21.2 Å². The van der Waals surface area contributed by atoms with Gasteiger partial charge in [0.05, 0.1) is 16.3 Å². The number of hydrogen-bond acceptors (Lipinski definition) is 6. The van der Waals surface area contributed by atoms with Gasteiger partial charge in [-0.3, -0.25) is 24.2 Å². The molecule has 0 atom stereocenters. The molecule has 10 heteroatoms. The second-order valence-corrected chi connectivity index (χ2v) is 9.30. The summed E-state index contributed by atoms with van der Waals surface area (Å²) in [5.74, 6) is -0.188. The van der Waals surface area contributed by atoms with Gasteiger partial charge >= 0.3 is 0 Å². The molecule has 2 aromatic carbocycles. The summed E-state index contributed by atoms with van der Waals surface area (Å²) in [6.07, 6.45) is 1.63. The van der Waals surface area contributed by atoms with E-state index in [0.717, 1.165) is 22.2 Å². The van der Waals surface area contributed by atoms with Gasteiger partial charge in [-0.05, 0) is 47.7 Å². The summed E-state index contributed by atoms with van der Waals surface area (Å²) in [5.41, 5.74) is 1.24. The largest absolute Gasteiger partial charge is 0.293 e. The van der Waals surface area contributed by atoms with Crippen molar-refractivity contribution in [2.24, 2.45) is 4.99 Å². The summed E-state index contributed by atoms with van der Waals surface area (Å²) in [6, 6.07) is 13.4. The Morgan fingerprint density at radius 3 is 2.59 bits per heavy atom. The smallest absolute Gasteiger partial charge is 0.268 e. The van der Waals surface area contributed by atoms with Crippen molar-refractivity contribution in [3.05, 3.63) is 69.6 Å². The Morgan fingerprint density at radius 1 is 1.10 bits per heavy atom. The van der Waals surface area contributed by atoms with Gasteiger partial charge in [-0.1, -0.05) is 35.9 Å². The first-order valence-electron chi connectivity index (χ1n) is 8.53. The Kier molecular flexibility index (Phi) is 5.20. The fourth-order valence-electron chi connectivity index (χ4n) is 2.92. The van der Waals surface area contributed by atoms with Crippen LogP contribution in [0.1, 0.15) is 11.1 Å². The molecule has 2 heterocycles. The van der Waals surface area contributed by atoms with E-state index in [1.54, 1.807) is 48.5 Å². The molecule has 2 aliphatic rings. The standard InChI is InChI=1S/C19H14ClN3O4S2/c20-13-7-5-12(6-8-13)11-15-18(24)23(19(25)28-15)10-9-21-17-14-3-1-2-4-16(14)29(26,27)22-17/h1-8,11H,9-10H2,(H,21,22)/b15-11+. The summed E-state index contributed by atoms with van der Waals surface area (Å²) < 4.78 is 26.6. The molecule has 7 nitrogen and oxygen atoms in total. The van der Waals surface area contributed by atoms with E-state index in [0.29, 0.717) is 15.5 Å². The number of aliphatic imine (C=N–C) groups is 1. The zero-order valence-electron chi connectivity index (χ0n) is 14.8. The number of thioether (sulfide) groups is 1. The Balaban J connectivity index is 1.47. The van der Waals surface area contributed by atoms with E-state index in [9.17, 15) is 18.0 Å². The van der Waals surface area contributed by atoms with Crippen molar-refractivity contribution in [3.63, 3.8) is 0 Å². The number of rotatable bonds is 4. The van der Waals surface area contributed by atoms with Crippen molar-refractivity contribution in [1.82, 2.24) is 9.62 Å². The van der Waals surface area contributed by atoms with Crippen molar-refractivity contribution in [2.75, 3.05) is 13.1 Å². The van der Waals surface area contributed by atoms with Gasteiger partial charge in [-0.2, -0.15) is 0 Å². The Hall–Kier alpha value is -2.62. The molecule has 0 spiro atoms. The van der Waals surface area contributed by atoms with Crippen LogP contribution in [-0.2, 0) is 14.8 Å². The van der Waals surface area contributed by atoms with Crippen LogP contribution >= 0.6 is 23.4 Å². The molecule has 2 aliphatic heterocycles. The number of fused-ring (bicyclic) bond motifs is 1. The van der Waals surface area contributed by atoms with Gasteiger partial charge in [0, 0.05) is 17.1 Å². The number of imide groups is 1. The minimum absolute atomic E-state index is 0.0516. The molecule has 2 aromatic rings. The topological polar surface area (TPSA) is 95.9 Å². The number of carbonyl (C=O) groups excluding carboxylic acids is 2. The number of nitrogens with zero attached hydrogens (tertiary/aromatic N) is 2. The zero-order chi connectivity index (χ0) is 20.6. The molecule has 0 unspecified atom stereocenters. The Bertz CT molecular complexity index is 1170. The highest BCUT2D eigenvalue weighted by molar-refractivity contribution is 8.18. The first-order chi connectivity index (χ1) is 13.8. The highest BCUT2D eigenvalue weighted by Gasteiger charge is 2.35. The monoisotopic (exact) mass is 447 g/mol. The molecule has 0 saturated carbocycles. The van der Waals surface area contributed by atoms with Crippen LogP contribution in [0.15, 0.2) is 63.3 Å². The van der Waals surface area contributed by atoms with E-state index in [2.05, 4.69) is 9.71 Å². The molecular weight excluding hydrogens is 434 g/mol. The number of sulfonamides is 1. The van der Waals surface area contributed by atoms with Gasteiger partial charge in [0.1, 0.15) is 5.84 Å². The highest BCUT2D eigenvalue weighted by Crippen LogP contribution is 2.32. The van der Waals surface area contributed by atoms with Crippen molar-refractivity contribution in [1.29, 1.82) is 0 Å². The number of amides is 2. The van der Waals surface area contributed by atoms with Gasteiger partial charge in [0.2, 0.25) is 0 Å². The molecule has 0 aromatic heterocycles. The Labute approximate surface area is 176 Å². The van der Waals surface area contributed by atoms with E-state index in [4.69, 9.17) is 11.6 Å². The van der Waals surface area contributed by atoms with Crippen LogP contribution in [0, 0.1) is 0 Å². The Morgan fingerprint density at radius 2 is 1.83 bits per heavy atom. The molecule has 1 fully saturated rings. The average molecular weight is 448 g/mol. The third-order valence-electron chi connectivity index (χ3n) is 4.30. The molecule has 1 N–H and O–H groups in total. The minimum atomic E-state index is -3.62. The molecule has 0 bridgehead atoms. The van der Waals surface area contributed by atoms with Crippen LogP contribution < -0.4 is 4.72 Å². The maximum atomic E-state index is 12.5. The molecular formula is C19H14ClN3O4S2. The van der Waals surface area contributed by atoms with Gasteiger partial charge in [-0.15, -0.1) is 0 Å². The lowest BCUT2D eigenvalue weighted by Crippen LogP contribution is -2.31. The van der Waals surface area contributed by atoms with Crippen LogP contribution in [0.5, 0.6) is 0 Å². The number of nitrogens with one attached hydrogen (secondary N) is 1. The van der Waals surface area contributed by atoms with Crippen molar-refractivity contribution in [3.8, 4) is 0 Å². The predicted molar refractivity (Wildman–Crippen MR) is 112 cm³/mol. The number of amidine groups is 1. The average Bonchev–Trinajstić information content (AvgIpc) is 3.11. The molecule has 0 radical (unpaired) electrons. The third kappa shape index (κ3) is 3.93. The summed E-state index contributed by atoms with van der Waals surface area (Å²) in [7, 11) is -3.62. The van der Waals surface area contributed by atoms with Crippen LogP contribution in [0.3, 0.4) is 0 Å². The minimum Gasteiger partial charge on any atom is -0.268 e. The van der Waals surface area contributed by atoms with Gasteiger partial charge in [0.15, 0.2) is 0 Å². The molecule has 1 saturated heterocycles. The zero-order valence-corrected chi connectivity index (χ0v) is 17.2. The van der Waals surface area contributed by atoms with E-state index < -0.39 is 15.9 Å². The maximum Gasteiger partial charge on any atom is 0.293 e. The number of halogens is 1. The van der Waals surface area contributed by atoms with Crippen LogP contribution in [0.25, 0.3) is 6.08 Å². The predicted octanol–water partition coefficient (Wildman–Crippen LogP) is 3.12. The van der Waals surface area contributed by atoms with Crippen molar-refractivity contribution >= 4 is 56.4 Å².